The number of benzene rings is 3. The van der Waals surface area contributed by atoms with Gasteiger partial charge in [-0.25, -0.2) is 0 Å². The minimum absolute atomic E-state index is 0.0759. The topological polar surface area (TPSA) is 40.6 Å². The third-order valence-electron chi connectivity index (χ3n) is 5.05. The first kappa shape index (κ1) is 17.6. The summed E-state index contributed by atoms with van der Waals surface area (Å²) in [5.74, 6) is -0.246. The largest absolute Gasteiger partial charge is 0.325 e. The van der Waals surface area contributed by atoms with Crippen molar-refractivity contribution in [3.63, 3.8) is 0 Å². The first-order valence-electron chi connectivity index (χ1n) is 8.92. The Labute approximate surface area is 162 Å². The quantitative estimate of drug-likeness (QED) is 0.664. The summed E-state index contributed by atoms with van der Waals surface area (Å²) in [6, 6.07) is 20.3. The summed E-state index contributed by atoms with van der Waals surface area (Å²) in [6.07, 6.45) is 0. The van der Waals surface area contributed by atoms with E-state index in [0.29, 0.717) is 23.7 Å². The highest BCUT2D eigenvalue weighted by atomic mass is 35.5. The third-order valence-corrected chi connectivity index (χ3v) is 5.28. The van der Waals surface area contributed by atoms with E-state index in [9.17, 15) is 9.59 Å². The normalized spacial score (nSPS) is 17.4. The summed E-state index contributed by atoms with van der Waals surface area (Å²) in [6.45, 7) is 2.72. The number of halogens is 1. The SMILES string of the molecule is C[C@@H]1C(=O)N(c2cccc3ccccc23)CCN1C(=O)c1cccc(Cl)c1. The van der Waals surface area contributed by atoms with Crippen LogP contribution in [0.3, 0.4) is 0 Å². The van der Waals surface area contributed by atoms with Gasteiger partial charge in [-0.05, 0) is 36.6 Å². The van der Waals surface area contributed by atoms with Gasteiger partial charge in [-0.2, -0.15) is 0 Å². The lowest BCUT2D eigenvalue weighted by Crippen LogP contribution is -2.57. The zero-order chi connectivity index (χ0) is 19.0. The molecule has 0 bridgehead atoms. The van der Waals surface area contributed by atoms with Crippen LogP contribution in [0.1, 0.15) is 17.3 Å². The molecule has 136 valence electrons. The number of rotatable bonds is 2. The Morgan fingerprint density at radius 3 is 2.56 bits per heavy atom. The lowest BCUT2D eigenvalue weighted by atomic mass is 10.0. The fourth-order valence-corrected chi connectivity index (χ4v) is 3.81. The number of fused-ring (bicyclic) bond motifs is 1. The van der Waals surface area contributed by atoms with Crippen molar-refractivity contribution in [2.45, 2.75) is 13.0 Å². The Morgan fingerprint density at radius 2 is 1.74 bits per heavy atom. The molecule has 0 radical (unpaired) electrons. The second kappa shape index (κ2) is 7.05. The van der Waals surface area contributed by atoms with Crippen LogP contribution in [0.25, 0.3) is 10.8 Å². The minimum Gasteiger partial charge on any atom is -0.325 e. The maximum Gasteiger partial charge on any atom is 0.254 e. The van der Waals surface area contributed by atoms with Gasteiger partial charge in [0.2, 0.25) is 5.91 Å². The van der Waals surface area contributed by atoms with Gasteiger partial charge in [-0.15, -0.1) is 0 Å². The molecule has 1 saturated heterocycles. The second-order valence-corrected chi connectivity index (χ2v) is 7.11. The van der Waals surface area contributed by atoms with Gasteiger partial charge in [-0.1, -0.05) is 54.1 Å². The fourth-order valence-electron chi connectivity index (χ4n) is 3.62. The number of carbonyl (C=O) groups excluding carboxylic acids is 2. The average molecular weight is 379 g/mol. The molecule has 0 aromatic heterocycles. The minimum atomic E-state index is -0.538. The molecule has 0 N–H and O–H groups in total. The van der Waals surface area contributed by atoms with Gasteiger partial charge in [0, 0.05) is 29.1 Å². The van der Waals surface area contributed by atoms with E-state index in [4.69, 9.17) is 11.6 Å². The van der Waals surface area contributed by atoms with Crippen LogP contribution < -0.4 is 4.90 Å². The van der Waals surface area contributed by atoms with Gasteiger partial charge in [0.05, 0.1) is 5.69 Å². The van der Waals surface area contributed by atoms with Crippen LogP contribution in [0.5, 0.6) is 0 Å². The van der Waals surface area contributed by atoms with Crippen LogP contribution in [0, 0.1) is 0 Å². The van der Waals surface area contributed by atoms with E-state index < -0.39 is 6.04 Å². The van der Waals surface area contributed by atoms with Gasteiger partial charge < -0.3 is 9.80 Å². The Morgan fingerprint density at radius 1 is 1.00 bits per heavy atom. The van der Waals surface area contributed by atoms with Crippen molar-refractivity contribution in [3.8, 4) is 0 Å². The fraction of sp³-hybridized carbons (Fsp3) is 0.182. The Balaban J connectivity index is 1.63. The highest BCUT2D eigenvalue weighted by Crippen LogP contribution is 2.29. The molecule has 1 aliphatic heterocycles. The molecule has 0 saturated carbocycles. The summed E-state index contributed by atoms with van der Waals surface area (Å²) in [5.41, 5.74) is 1.39. The number of hydrogen-bond acceptors (Lipinski definition) is 2. The molecule has 3 aromatic carbocycles. The van der Waals surface area contributed by atoms with Gasteiger partial charge in [0.25, 0.3) is 5.91 Å². The molecule has 1 aliphatic rings. The van der Waals surface area contributed by atoms with E-state index in [-0.39, 0.29) is 11.8 Å². The third kappa shape index (κ3) is 3.17. The van der Waals surface area contributed by atoms with E-state index in [1.807, 2.05) is 42.5 Å². The molecule has 1 heterocycles. The van der Waals surface area contributed by atoms with Crippen molar-refractivity contribution in [1.29, 1.82) is 0 Å². The Hall–Kier alpha value is -2.85. The molecule has 0 aliphatic carbocycles. The van der Waals surface area contributed by atoms with Gasteiger partial charge in [0.1, 0.15) is 6.04 Å². The molecule has 1 atom stereocenters. The van der Waals surface area contributed by atoms with Crippen molar-refractivity contribution < 1.29 is 9.59 Å². The molecule has 27 heavy (non-hydrogen) atoms. The molecule has 0 unspecified atom stereocenters. The Bertz CT molecular complexity index is 1030. The summed E-state index contributed by atoms with van der Waals surface area (Å²) in [7, 11) is 0. The summed E-state index contributed by atoms with van der Waals surface area (Å²) in [4.78, 5) is 29.4. The van der Waals surface area contributed by atoms with Crippen molar-refractivity contribution in [3.05, 3.63) is 77.3 Å². The summed E-state index contributed by atoms with van der Waals surface area (Å²) < 4.78 is 0. The lowest BCUT2D eigenvalue weighted by Gasteiger charge is -2.39. The molecule has 0 spiro atoms. The molecule has 3 aromatic rings. The van der Waals surface area contributed by atoms with Crippen LogP contribution >= 0.6 is 11.6 Å². The second-order valence-electron chi connectivity index (χ2n) is 6.67. The standard InChI is InChI=1S/C22H19ClN2O2/c1-15-21(26)25(20-11-5-7-16-6-2-3-10-19(16)20)13-12-24(15)22(27)17-8-4-9-18(23)14-17/h2-11,14-15H,12-13H2,1H3/t15-/m1/s1. The van der Waals surface area contributed by atoms with Crippen molar-refractivity contribution in [2.75, 3.05) is 18.0 Å². The van der Waals surface area contributed by atoms with Gasteiger partial charge >= 0.3 is 0 Å². The zero-order valence-corrected chi connectivity index (χ0v) is 15.7. The monoisotopic (exact) mass is 378 g/mol. The van der Waals surface area contributed by atoms with Crippen molar-refractivity contribution >= 4 is 39.9 Å². The van der Waals surface area contributed by atoms with E-state index in [2.05, 4.69) is 0 Å². The van der Waals surface area contributed by atoms with E-state index in [1.165, 1.54) is 0 Å². The van der Waals surface area contributed by atoms with Crippen LogP contribution in [0.4, 0.5) is 5.69 Å². The smallest absolute Gasteiger partial charge is 0.254 e. The molecular weight excluding hydrogens is 360 g/mol. The van der Waals surface area contributed by atoms with E-state index >= 15 is 0 Å². The predicted octanol–water partition coefficient (Wildman–Crippen LogP) is 4.37. The number of amides is 2. The lowest BCUT2D eigenvalue weighted by molar-refractivity contribution is -0.124. The highest BCUT2D eigenvalue weighted by Gasteiger charge is 2.35. The number of piperazine rings is 1. The van der Waals surface area contributed by atoms with Crippen LogP contribution in [0.2, 0.25) is 5.02 Å². The van der Waals surface area contributed by atoms with Gasteiger partial charge in [0.15, 0.2) is 0 Å². The van der Waals surface area contributed by atoms with Crippen molar-refractivity contribution in [1.82, 2.24) is 4.90 Å². The van der Waals surface area contributed by atoms with Crippen molar-refractivity contribution in [2.24, 2.45) is 0 Å². The van der Waals surface area contributed by atoms with E-state index in [1.54, 1.807) is 41.0 Å². The molecule has 2 amide bonds. The van der Waals surface area contributed by atoms with Crippen LogP contribution in [0.15, 0.2) is 66.7 Å². The summed E-state index contributed by atoms with van der Waals surface area (Å²) >= 11 is 6.01. The maximum absolute atomic E-state index is 13.1. The molecule has 4 rings (SSSR count). The molecular formula is C22H19ClN2O2. The maximum atomic E-state index is 13.1. The first-order chi connectivity index (χ1) is 13.1. The Kier molecular flexibility index (Phi) is 4.58. The summed E-state index contributed by atoms with van der Waals surface area (Å²) in [5, 5.41) is 2.64. The highest BCUT2D eigenvalue weighted by molar-refractivity contribution is 6.31. The first-order valence-corrected chi connectivity index (χ1v) is 9.30. The predicted molar refractivity (Wildman–Crippen MR) is 108 cm³/mol. The number of anilines is 1. The molecule has 4 nitrogen and oxygen atoms in total. The van der Waals surface area contributed by atoms with Gasteiger partial charge in [-0.3, -0.25) is 9.59 Å². The molecule has 5 heteroatoms. The van der Waals surface area contributed by atoms with Crippen LogP contribution in [-0.2, 0) is 4.79 Å². The number of carbonyl (C=O) groups is 2. The van der Waals surface area contributed by atoms with E-state index in [0.717, 1.165) is 16.5 Å². The number of hydrogen-bond donors (Lipinski definition) is 0. The average Bonchev–Trinajstić information content (AvgIpc) is 2.69. The zero-order valence-electron chi connectivity index (χ0n) is 14.9. The number of nitrogens with zero attached hydrogens (tertiary/aromatic N) is 2. The van der Waals surface area contributed by atoms with Crippen LogP contribution in [-0.4, -0.2) is 35.8 Å². The molecule has 1 fully saturated rings.